The predicted octanol–water partition coefficient (Wildman–Crippen LogP) is 2.25. The predicted molar refractivity (Wildman–Crippen MR) is 77.1 cm³/mol. The second-order valence-electron chi connectivity index (χ2n) is 4.87. The Kier molecular flexibility index (Phi) is 3.10. The minimum Gasteiger partial charge on any atom is -0.478 e. The van der Waals surface area contributed by atoms with E-state index in [2.05, 4.69) is 0 Å². The van der Waals surface area contributed by atoms with Crippen molar-refractivity contribution in [3.8, 4) is 11.1 Å². The number of nitrogen functional groups attached to an aromatic ring is 1. The van der Waals surface area contributed by atoms with Crippen LogP contribution in [0.1, 0.15) is 27.4 Å². The van der Waals surface area contributed by atoms with Crippen LogP contribution in [0.2, 0.25) is 0 Å². The summed E-state index contributed by atoms with van der Waals surface area (Å²) in [5.74, 6) is -1.23. The SMILES string of the molecule is Nc1ccc2c(c1C(=O)O)-c1ccccc1C2COC=O. The molecule has 1 unspecified atom stereocenters. The molecule has 0 bridgehead atoms. The van der Waals surface area contributed by atoms with Crippen LogP contribution in [0.5, 0.6) is 0 Å². The molecule has 0 heterocycles. The minimum absolute atomic E-state index is 0.105. The summed E-state index contributed by atoms with van der Waals surface area (Å²) in [5, 5.41) is 9.45. The van der Waals surface area contributed by atoms with Gasteiger partial charge in [-0.2, -0.15) is 0 Å². The number of carbonyl (C=O) groups excluding carboxylic acids is 1. The van der Waals surface area contributed by atoms with E-state index in [9.17, 15) is 14.7 Å². The van der Waals surface area contributed by atoms with Crippen LogP contribution in [0.3, 0.4) is 0 Å². The third kappa shape index (κ3) is 1.94. The van der Waals surface area contributed by atoms with Crippen molar-refractivity contribution in [1.82, 2.24) is 0 Å². The molecule has 0 saturated carbocycles. The van der Waals surface area contributed by atoms with Crippen LogP contribution < -0.4 is 5.73 Å². The first-order chi connectivity index (χ1) is 10.1. The Balaban J connectivity index is 2.27. The van der Waals surface area contributed by atoms with Crippen LogP contribution in [0.25, 0.3) is 11.1 Å². The molecule has 0 aromatic heterocycles. The molecule has 2 aromatic carbocycles. The van der Waals surface area contributed by atoms with Crippen LogP contribution in [-0.2, 0) is 9.53 Å². The molecular weight excluding hydrogens is 270 g/mol. The highest BCUT2D eigenvalue weighted by atomic mass is 16.5. The largest absolute Gasteiger partial charge is 0.478 e. The smallest absolute Gasteiger partial charge is 0.338 e. The lowest BCUT2D eigenvalue weighted by Gasteiger charge is -2.13. The van der Waals surface area contributed by atoms with Gasteiger partial charge in [-0.15, -0.1) is 0 Å². The summed E-state index contributed by atoms with van der Waals surface area (Å²) in [6.45, 7) is 0.576. The van der Waals surface area contributed by atoms with Gasteiger partial charge in [-0.1, -0.05) is 30.3 Å². The quantitative estimate of drug-likeness (QED) is 0.663. The molecule has 2 aromatic rings. The third-order valence-electron chi connectivity index (χ3n) is 3.80. The second kappa shape index (κ2) is 4.94. The maximum absolute atomic E-state index is 11.5. The van der Waals surface area contributed by atoms with E-state index in [1.165, 1.54) is 0 Å². The number of carboxylic acid groups (broad SMARTS) is 1. The van der Waals surface area contributed by atoms with Crippen molar-refractivity contribution in [2.75, 3.05) is 12.3 Å². The number of fused-ring (bicyclic) bond motifs is 3. The molecule has 1 aliphatic carbocycles. The van der Waals surface area contributed by atoms with E-state index < -0.39 is 5.97 Å². The van der Waals surface area contributed by atoms with Gasteiger partial charge in [-0.05, 0) is 22.8 Å². The zero-order valence-electron chi connectivity index (χ0n) is 11.1. The Labute approximate surface area is 121 Å². The van der Waals surface area contributed by atoms with E-state index in [1.807, 2.05) is 24.3 Å². The Hall–Kier alpha value is -2.82. The lowest BCUT2D eigenvalue weighted by atomic mass is 9.95. The number of rotatable bonds is 4. The Morgan fingerprint density at radius 2 is 2.00 bits per heavy atom. The van der Waals surface area contributed by atoms with Gasteiger partial charge in [-0.25, -0.2) is 4.79 Å². The molecule has 1 atom stereocenters. The van der Waals surface area contributed by atoms with E-state index in [0.29, 0.717) is 12.0 Å². The molecule has 3 N–H and O–H groups in total. The first-order valence-electron chi connectivity index (χ1n) is 6.45. The van der Waals surface area contributed by atoms with Crippen LogP contribution in [0.4, 0.5) is 5.69 Å². The summed E-state index contributed by atoms with van der Waals surface area (Å²) in [6, 6.07) is 10.9. The molecule has 3 rings (SSSR count). The summed E-state index contributed by atoms with van der Waals surface area (Å²) in [5.41, 5.74) is 9.39. The molecule has 1 aliphatic rings. The first kappa shape index (κ1) is 13.2. The van der Waals surface area contributed by atoms with Crippen LogP contribution >= 0.6 is 0 Å². The fourth-order valence-corrected chi connectivity index (χ4v) is 2.96. The fraction of sp³-hybridized carbons (Fsp3) is 0.125. The number of carboxylic acids is 1. The first-order valence-corrected chi connectivity index (χ1v) is 6.45. The van der Waals surface area contributed by atoms with Crippen molar-refractivity contribution in [3.63, 3.8) is 0 Å². The molecule has 0 aliphatic heterocycles. The molecule has 5 heteroatoms. The molecule has 0 radical (unpaired) electrons. The van der Waals surface area contributed by atoms with Crippen molar-refractivity contribution < 1.29 is 19.4 Å². The molecule has 0 spiro atoms. The normalized spacial score (nSPS) is 15.1. The lowest BCUT2D eigenvalue weighted by Crippen LogP contribution is -2.08. The second-order valence-corrected chi connectivity index (χ2v) is 4.87. The summed E-state index contributed by atoms with van der Waals surface area (Å²) >= 11 is 0. The number of hydrogen-bond acceptors (Lipinski definition) is 4. The highest BCUT2D eigenvalue weighted by Crippen LogP contribution is 2.47. The number of benzene rings is 2. The van der Waals surface area contributed by atoms with Crippen LogP contribution in [-0.4, -0.2) is 24.2 Å². The summed E-state index contributed by atoms with van der Waals surface area (Å²) in [6.07, 6.45) is 0. The van der Waals surface area contributed by atoms with Crippen LogP contribution in [0.15, 0.2) is 36.4 Å². The highest BCUT2D eigenvalue weighted by Gasteiger charge is 2.33. The van der Waals surface area contributed by atoms with Crippen molar-refractivity contribution >= 4 is 18.1 Å². The van der Waals surface area contributed by atoms with E-state index in [0.717, 1.165) is 16.7 Å². The standard InChI is InChI=1S/C16H13NO4/c17-13-6-5-11-12(7-21-8-18)9-3-1-2-4-10(9)14(11)15(13)16(19)20/h1-6,8,12H,7,17H2,(H,19,20). The summed E-state index contributed by atoms with van der Waals surface area (Å²) in [4.78, 5) is 22.0. The molecular formula is C16H13NO4. The Morgan fingerprint density at radius 1 is 1.24 bits per heavy atom. The zero-order chi connectivity index (χ0) is 15.0. The van der Waals surface area contributed by atoms with Crippen molar-refractivity contribution in [2.24, 2.45) is 0 Å². The van der Waals surface area contributed by atoms with Crippen LogP contribution in [0, 0.1) is 0 Å². The molecule has 5 nitrogen and oxygen atoms in total. The lowest BCUT2D eigenvalue weighted by molar-refractivity contribution is -0.128. The van der Waals surface area contributed by atoms with Gasteiger partial charge in [0.2, 0.25) is 0 Å². The average Bonchev–Trinajstić information content (AvgIpc) is 2.78. The minimum atomic E-state index is -1.06. The van der Waals surface area contributed by atoms with Gasteiger partial charge < -0.3 is 15.6 Å². The van der Waals surface area contributed by atoms with Gasteiger partial charge in [0, 0.05) is 17.2 Å². The summed E-state index contributed by atoms with van der Waals surface area (Å²) in [7, 11) is 0. The van der Waals surface area contributed by atoms with Crippen molar-refractivity contribution in [1.29, 1.82) is 0 Å². The van der Waals surface area contributed by atoms with E-state index in [4.69, 9.17) is 10.5 Å². The Morgan fingerprint density at radius 3 is 2.71 bits per heavy atom. The molecule has 0 saturated heterocycles. The number of ether oxygens (including phenoxy) is 1. The zero-order valence-corrected chi connectivity index (χ0v) is 11.1. The van der Waals surface area contributed by atoms with Crippen molar-refractivity contribution in [2.45, 2.75) is 5.92 Å². The number of nitrogens with two attached hydrogens (primary N) is 1. The van der Waals surface area contributed by atoms with E-state index in [-0.39, 0.29) is 23.8 Å². The van der Waals surface area contributed by atoms with E-state index in [1.54, 1.807) is 12.1 Å². The maximum Gasteiger partial charge on any atom is 0.338 e. The van der Waals surface area contributed by atoms with E-state index >= 15 is 0 Å². The molecule has 21 heavy (non-hydrogen) atoms. The molecule has 106 valence electrons. The number of hydrogen-bond donors (Lipinski definition) is 2. The highest BCUT2D eigenvalue weighted by molar-refractivity contribution is 6.04. The third-order valence-corrected chi connectivity index (χ3v) is 3.80. The van der Waals surface area contributed by atoms with Gasteiger partial charge in [-0.3, -0.25) is 4.79 Å². The van der Waals surface area contributed by atoms with Gasteiger partial charge in [0.05, 0.1) is 5.56 Å². The molecule has 0 fully saturated rings. The van der Waals surface area contributed by atoms with Crippen molar-refractivity contribution in [3.05, 3.63) is 53.1 Å². The van der Waals surface area contributed by atoms with Gasteiger partial charge in [0.1, 0.15) is 6.61 Å². The number of carbonyl (C=O) groups is 2. The Bertz CT molecular complexity index is 739. The summed E-state index contributed by atoms with van der Waals surface area (Å²) < 4.78 is 4.90. The topological polar surface area (TPSA) is 89.6 Å². The monoisotopic (exact) mass is 283 g/mol. The van der Waals surface area contributed by atoms with Gasteiger partial charge in [0.15, 0.2) is 0 Å². The number of anilines is 1. The number of aromatic carboxylic acids is 1. The molecule has 0 amide bonds. The maximum atomic E-state index is 11.5. The average molecular weight is 283 g/mol. The fourth-order valence-electron chi connectivity index (χ4n) is 2.96. The van der Waals surface area contributed by atoms with Gasteiger partial charge in [0.25, 0.3) is 6.47 Å². The van der Waals surface area contributed by atoms with Gasteiger partial charge >= 0.3 is 5.97 Å².